The summed E-state index contributed by atoms with van der Waals surface area (Å²) in [6.07, 6.45) is -7.01. The second-order valence-electron chi connectivity index (χ2n) is 8.75. The fourth-order valence-corrected chi connectivity index (χ4v) is 7.32. The summed E-state index contributed by atoms with van der Waals surface area (Å²) >= 11 is 2.76. The first-order valence-electron chi connectivity index (χ1n) is 10.7. The average molecular weight is 638 g/mol. The molecule has 0 saturated heterocycles. The summed E-state index contributed by atoms with van der Waals surface area (Å²) in [6, 6.07) is 7.75. The van der Waals surface area contributed by atoms with Gasteiger partial charge in [-0.3, -0.25) is 4.72 Å². The number of anilines is 1. The molecule has 4 rings (SSSR count). The van der Waals surface area contributed by atoms with E-state index in [4.69, 9.17) is 0 Å². The van der Waals surface area contributed by atoms with Crippen LogP contribution in [0.25, 0.3) is 0 Å². The normalized spacial score (nSPS) is 18.1. The Balaban J connectivity index is 1.93. The van der Waals surface area contributed by atoms with Gasteiger partial charge in [-0.2, -0.15) is 18.4 Å². The van der Waals surface area contributed by atoms with E-state index in [0.29, 0.717) is 27.9 Å². The number of nitriles is 1. The summed E-state index contributed by atoms with van der Waals surface area (Å²) in [7, 11) is -9.46. The van der Waals surface area contributed by atoms with Crippen molar-refractivity contribution in [1.82, 2.24) is 3.97 Å². The van der Waals surface area contributed by atoms with Crippen LogP contribution in [0.5, 0.6) is 0 Å². The summed E-state index contributed by atoms with van der Waals surface area (Å²) in [5.41, 5.74) is -3.89. The second kappa shape index (κ2) is 9.35. The largest absolute Gasteiger partial charge is 0.407 e. The van der Waals surface area contributed by atoms with Crippen LogP contribution in [0.1, 0.15) is 23.2 Å². The van der Waals surface area contributed by atoms with E-state index in [1.54, 1.807) is 6.92 Å². The quantitative estimate of drug-likeness (QED) is 0.296. The first-order valence-corrected chi connectivity index (χ1v) is 14.4. The highest BCUT2D eigenvalue weighted by atomic mass is 79.9. The van der Waals surface area contributed by atoms with E-state index in [2.05, 4.69) is 15.9 Å². The molecule has 0 fully saturated rings. The molecule has 0 amide bonds. The van der Waals surface area contributed by atoms with E-state index in [1.165, 1.54) is 30.3 Å². The number of benzene rings is 2. The van der Waals surface area contributed by atoms with E-state index in [0.717, 1.165) is 0 Å². The number of fused-ring (bicyclic) bond motifs is 1. The molecule has 3 aromatic rings. The molecular weight excluding hydrogens is 621 g/mol. The van der Waals surface area contributed by atoms with Gasteiger partial charge in [0.05, 0.1) is 21.1 Å². The van der Waals surface area contributed by atoms with Crippen LogP contribution in [0, 0.1) is 35.3 Å². The maximum atomic E-state index is 14.4. The molecule has 1 atom stereocenters. The molecule has 1 heterocycles. The molecule has 1 N–H and O–H groups in total. The number of hydrogen-bond acceptors (Lipinski definition) is 5. The molecule has 0 radical (unpaired) electrons. The fraction of sp³-hybridized carbons (Fsp3) is 0.261. The van der Waals surface area contributed by atoms with E-state index >= 15 is 0 Å². The molecule has 7 nitrogen and oxygen atoms in total. The highest BCUT2D eigenvalue weighted by Gasteiger charge is 2.58. The summed E-state index contributed by atoms with van der Waals surface area (Å²) in [4.78, 5) is -1.07. The van der Waals surface area contributed by atoms with Crippen molar-refractivity contribution < 1.29 is 38.8 Å². The van der Waals surface area contributed by atoms with Crippen LogP contribution in [0.2, 0.25) is 0 Å². The van der Waals surface area contributed by atoms with Gasteiger partial charge >= 0.3 is 6.18 Å². The zero-order valence-corrected chi connectivity index (χ0v) is 22.5. The van der Waals surface area contributed by atoms with Crippen molar-refractivity contribution in [1.29, 1.82) is 5.26 Å². The van der Waals surface area contributed by atoms with Gasteiger partial charge in [-0.1, -0.05) is 17.7 Å². The standard InChI is InChI=1S/C23H17BrF5N3O4S2/c1-13-2-4-14(5-3-13)38(35,36)32-11-21(15-6-7-22(12-30,10-20(15)32)23(27,28)29)37(33,34)31-19-9-17(25)16(24)8-18(19)26/h2-5,8-9,11,31H,6-7,10H2,1H3. The van der Waals surface area contributed by atoms with Crippen LogP contribution >= 0.6 is 15.9 Å². The Morgan fingerprint density at radius 1 is 1.08 bits per heavy atom. The lowest BCUT2D eigenvalue weighted by atomic mass is 9.74. The third-order valence-corrected chi connectivity index (χ3v) is 10.0. The van der Waals surface area contributed by atoms with Crippen LogP contribution in [0.3, 0.4) is 0 Å². The van der Waals surface area contributed by atoms with Crippen molar-refractivity contribution in [2.24, 2.45) is 5.41 Å². The summed E-state index contributed by atoms with van der Waals surface area (Å²) in [6.45, 7) is 1.68. The molecule has 38 heavy (non-hydrogen) atoms. The summed E-state index contributed by atoms with van der Waals surface area (Å²) < 4.78 is 126. The van der Waals surface area contributed by atoms with Crippen LogP contribution in [0.15, 0.2) is 56.9 Å². The highest BCUT2D eigenvalue weighted by Crippen LogP contribution is 2.49. The van der Waals surface area contributed by atoms with Crippen LogP contribution in [-0.2, 0) is 32.9 Å². The Labute approximate surface area is 223 Å². The molecule has 2 aromatic carbocycles. The molecule has 1 aliphatic rings. The maximum absolute atomic E-state index is 14.4. The van der Waals surface area contributed by atoms with Crippen molar-refractivity contribution in [2.45, 2.75) is 42.2 Å². The lowest BCUT2D eigenvalue weighted by Gasteiger charge is -2.33. The molecule has 0 bridgehead atoms. The number of nitrogens with one attached hydrogen (secondary N) is 1. The predicted molar refractivity (Wildman–Crippen MR) is 129 cm³/mol. The zero-order chi connectivity index (χ0) is 28.3. The molecule has 0 aliphatic heterocycles. The predicted octanol–water partition coefficient (Wildman–Crippen LogP) is 5.44. The third kappa shape index (κ3) is 4.69. The number of halogens is 6. The van der Waals surface area contributed by atoms with E-state index < -0.39 is 78.8 Å². The Morgan fingerprint density at radius 2 is 1.71 bits per heavy atom. The molecule has 0 spiro atoms. The Hall–Kier alpha value is -2.96. The Kier molecular flexibility index (Phi) is 6.90. The van der Waals surface area contributed by atoms with Crippen LogP contribution in [0.4, 0.5) is 27.6 Å². The number of aryl methyl sites for hydroxylation is 1. The molecule has 1 aromatic heterocycles. The van der Waals surface area contributed by atoms with Crippen molar-refractivity contribution in [3.63, 3.8) is 0 Å². The SMILES string of the molecule is Cc1ccc(S(=O)(=O)n2cc(S(=O)(=O)Nc3cc(F)c(Br)cc3F)c3c2CC(C#N)(C(F)(F)F)CC3)cc1. The average Bonchev–Trinajstić information content (AvgIpc) is 3.22. The molecule has 15 heteroatoms. The van der Waals surface area contributed by atoms with E-state index in [9.17, 15) is 44.0 Å². The lowest BCUT2D eigenvalue weighted by molar-refractivity contribution is -0.206. The molecule has 202 valence electrons. The van der Waals surface area contributed by atoms with Gasteiger partial charge in [0.25, 0.3) is 20.0 Å². The van der Waals surface area contributed by atoms with E-state index in [1.807, 2.05) is 4.72 Å². The van der Waals surface area contributed by atoms with Crippen molar-refractivity contribution in [3.8, 4) is 6.07 Å². The number of nitrogens with zero attached hydrogens (tertiary/aromatic N) is 2. The monoisotopic (exact) mass is 637 g/mol. The van der Waals surface area contributed by atoms with Gasteiger partial charge in [0.15, 0.2) is 5.41 Å². The summed E-state index contributed by atoms with van der Waals surface area (Å²) in [5, 5.41) is 9.44. The highest BCUT2D eigenvalue weighted by molar-refractivity contribution is 9.10. The van der Waals surface area contributed by atoms with Gasteiger partial charge in [0.1, 0.15) is 16.5 Å². The minimum Gasteiger partial charge on any atom is -0.276 e. The number of alkyl halides is 3. The topological polar surface area (TPSA) is 109 Å². The fourth-order valence-electron chi connectivity index (χ4n) is 4.17. The molecule has 1 unspecified atom stereocenters. The molecule has 1 aliphatic carbocycles. The Bertz CT molecular complexity index is 1700. The van der Waals surface area contributed by atoms with Crippen molar-refractivity contribution in [2.75, 3.05) is 4.72 Å². The number of sulfonamides is 1. The van der Waals surface area contributed by atoms with Crippen LogP contribution < -0.4 is 4.72 Å². The lowest BCUT2D eigenvalue weighted by Crippen LogP contribution is -2.42. The van der Waals surface area contributed by atoms with Crippen molar-refractivity contribution >= 4 is 41.7 Å². The zero-order valence-electron chi connectivity index (χ0n) is 19.3. The Morgan fingerprint density at radius 3 is 2.29 bits per heavy atom. The first-order chi connectivity index (χ1) is 17.5. The smallest absolute Gasteiger partial charge is 0.276 e. The second-order valence-corrected chi connectivity index (χ2v) is 13.1. The van der Waals surface area contributed by atoms with Gasteiger partial charge in [-0.05, 0) is 59.5 Å². The van der Waals surface area contributed by atoms with Crippen molar-refractivity contribution in [3.05, 3.63) is 75.5 Å². The number of hydrogen-bond donors (Lipinski definition) is 1. The van der Waals surface area contributed by atoms with E-state index in [-0.39, 0.29) is 14.9 Å². The van der Waals surface area contributed by atoms with Gasteiger partial charge < -0.3 is 0 Å². The first kappa shape index (κ1) is 28.1. The van der Waals surface area contributed by atoms with Gasteiger partial charge in [0.2, 0.25) is 0 Å². The summed E-state index contributed by atoms with van der Waals surface area (Å²) in [5.74, 6) is -2.17. The number of aromatic nitrogens is 1. The van der Waals surface area contributed by atoms with Gasteiger partial charge in [-0.15, -0.1) is 0 Å². The van der Waals surface area contributed by atoms with Gasteiger partial charge in [0, 0.05) is 24.4 Å². The van der Waals surface area contributed by atoms with Gasteiger partial charge in [-0.25, -0.2) is 29.6 Å². The minimum atomic E-state index is -5.04. The maximum Gasteiger partial charge on any atom is 0.407 e. The third-order valence-electron chi connectivity index (χ3n) is 6.30. The molecular formula is C23H17BrF5N3O4S2. The minimum absolute atomic E-state index is 0.277. The number of rotatable bonds is 5. The van der Waals surface area contributed by atoms with Crippen LogP contribution in [-0.4, -0.2) is 27.0 Å². The molecule has 0 saturated carbocycles.